The van der Waals surface area contributed by atoms with Crippen molar-refractivity contribution in [1.29, 1.82) is 0 Å². The van der Waals surface area contributed by atoms with E-state index in [1.165, 1.54) is 83.5 Å². The summed E-state index contributed by atoms with van der Waals surface area (Å²) in [6, 6.07) is -11.2. The third-order valence-electron chi connectivity index (χ3n) is 22.1. The van der Waals surface area contributed by atoms with Crippen LogP contribution in [0.1, 0.15) is 184 Å². The number of ether oxygens (including phenoxy) is 1. The molecule has 0 radical (unpaired) electrons. The third kappa shape index (κ3) is 20.1. The molecule has 0 bridgehead atoms. The van der Waals surface area contributed by atoms with Gasteiger partial charge in [0.05, 0.1) is 25.5 Å². The summed E-state index contributed by atoms with van der Waals surface area (Å²) in [5, 5.41) is 7.52. The van der Waals surface area contributed by atoms with Gasteiger partial charge in [-0.25, -0.2) is 0 Å². The van der Waals surface area contributed by atoms with Crippen molar-refractivity contribution in [1.82, 2.24) is 60.0 Å². The maximum absolute atomic E-state index is 15.4. The van der Waals surface area contributed by atoms with Gasteiger partial charge in [-0.1, -0.05) is 74.7 Å². The number of likely N-dealkylation sites (N-methyl/N-ethyl adjacent to an activating group) is 6. The monoisotopic (exact) mass is 1440 g/mol. The summed E-state index contributed by atoms with van der Waals surface area (Å²) in [4.78, 5) is 191. The molecule has 4 heterocycles. The molecule has 2 aliphatic carbocycles. The number of hydrogen-bond acceptors (Lipinski definition) is 13. The van der Waals surface area contributed by atoms with Gasteiger partial charge < -0.3 is 64.8 Å². The summed E-state index contributed by atoms with van der Waals surface area (Å²) in [6.45, 7) is 16.4. The minimum absolute atomic E-state index is 0.0146. The van der Waals surface area contributed by atoms with E-state index in [0.717, 1.165) is 11.3 Å². The Morgan fingerprint density at radius 1 is 0.640 bits per heavy atom. The number of rotatable bonds is 14. The zero-order valence-electron chi connectivity index (χ0n) is 62.0. The van der Waals surface area contributed by atoms with Crippen LogP contribution in [0.15, 0.2) is 0 Å². The lowest BCUT2D eigenvalue weighted by Crippen LogP contribution is -2.65. The number of nitrogens with one attached hydrogen (secondary N) is 3. The van der Waals surface area contributed by atoms with Crippen LogP contribution >= 0.6 is 11.6 Å². The molecule has 0 aromatic rings. The molecule has 25 nitrogen and oxygen atoms in total. The van der Waals surface area contributed by atoms with E-state index in [2.05, 4.69) is 16.0 Å². The second kappa shape index (κ2) is 36.2. The van der Waals surface area contributed by atoms with Crippen LogP contribution in [0.4, 0.5) is 13.2 Å². The second-order valence-corrected chi connectivity index (χ2v) is 31.1. The van der Waals surface area contributed by atoms with E-state index in [1.54, 1.807) is 25.7 Å². The number of hydrogen-bond donors (Lipinski definition) is 3. The topological polar surface area (TPSA) is 279 Å². The predicted octanol–water partition coefficient (Wildman–Crippen LogP) is 5.18. The number of carbonyl (C=O) groups is 12. The van der Waals surface area contributed by atoms with Gasteiger partial charge in [-0.15, -0.1) is 11.6 Å². The average molecular weight is 1440 g/mol. The highest BCUT2D eigenvalue weighted by Gasteiger charge is 2.52. The SMILES string of the molecule is CC[C@H](C)[C@@H]1NC(=O)[C@H](CC(C)C)N(C)C(=O)C[C@@H](C(=O)N2CCCCC2)N(C)C(=O)[C@H](C(C)C)N(C)C(=O)C2(CCCC2)NC(=O)[C@@H]2CCCN2C(=O)[C@H](CCC2CCC(C(F)(F)F)C(Cl)C2)NC(=O)CN(C)C(=O)[C@H](COCCC(C)C)N(C)C(=O)[C@@H]2CCN2C(=O)[C@H](C)N(C)C1=O. The summed E-state index contributed by atoms with van der Waals surface area (Å²) in [6.07, 6.45) is 0.247. The number of carbonyl (C=O) groups excluding carboxylic acids is 12. The quantitative estimate of drug-likeness (QED) is 0.150. The van der Waals surface area contributed by atoms with E-state index in [1.807, 2.05) is 34.6 Å². The first-order valence-electron chi connectivity index (χ1n) is 36.6. The summed E-state index contributed by atoms with van der Waals surface area (Å²) in [7, 11) is 8.44. The smallest absolute Gasteiger partial charge is 0.379 e. The molecule has 1 spiro atoms. The van der Waals surface area contributed by atoms with E-state index < -0.39 is 173 Å². The standard InChI is InChI=1S/C71H116ClF3N12O13/c1-16-45(8)58-67(97)80(11)46(9)62(92)87-35-28-52(87)65(95)83(14)55(41-100-36-29-42(2)3)64(94)79(10)40-56(88)76-50(27-25-47-24-26-48(49(72)38-47)71(73,74)75)63(93)86-34-22-23-51(86)61(91)78-70(30-18-19-31-70)69(99)84(15)59(44(6)7)68(98)82(13)54(66(96)85-32-20-17-21-33-85)39-57(89)81(12)53(37-43(4)5)60(90)77-58/h42-55,58-59H,16-41H2,1-15H3,(H,76,88)(H,77,90)(H,78,91)/t45-,46-,47?,48?,49?,50-,51-,52-,53-,54-,55-,58-,59-/m0/s1. The van der Waals surface area contributed by atoms with Gasteiger partial charge in [0.2, 0.25) is 70.9 Å². The number of halogens is 4. The molecule has 6 aliphatic rings. The van der Waals surface area contributed by atoms with E-state index in [4.69, 9.17) is 16.3 Å². The maximum atomic E-state index is 15.4. The van der Waals surface area contributed by atoms with Gasteiger partial charge in [-0.2, -0.15) is 13.2 Å². The molecule has 0 aromatic heterocycles. The first-order valence-corrected chi connectivity index (χ1v) is 37.0. The van der Waals surface area contributed by atoms with Crippen LogP contribution in [0.25, 0.3) is 0 Å². The van der Waals surface area contributed by atoms with Crippen molar-refractivity contribution in [2.75, 3.05) is 88.2 Å². The Kier molecular flexibility index (Phi) is 29.9. The predicted molar refractivity (Wildman–Crippen MR) is 369 cm³/mol. The summed E-state index contributed by atoms with van der Waals surface area (Å²) >= 11 is 6.39. The van der Waals surface area contributed by atoms with E-state index in [0.29, 0.717) is 58.0 Å². The largest absolute Gasteiger partial charge is 0.393 e. The second-order valence-electron chi connectivity index (χ2n) is 30.6. The molecule has 2 saturated carbocycles. The molecule has 3 unspecified atom stereocenters. The minimum atomic E-state index is -4.52. The van der Waals surface area contributed by atoms with Crippen molar-refractivity contribution < 1.29 is 75.4 Å². The van der Waals surface area contributed by atoms with Gasteiger partial charge in [0, 0.05) is 80.4 Å². The molecular formula is C71H116ClF3N12O13. The van der Waals surface area contributed by atoms with Crippen molar-refractivity contribution in [3.63, 3.8) is 0 Å². The van der Waals surface area contributed by atoms with Crippen LogP contribution in [0.5, 0.6) is 0 Å². The van der Waals surface area contributed by atoms with Crippen molar-refractivity contribution in [2.24, 2.45) is 35.5 Å². The fraction of sp³-hybridized carbons (Fsp3) is 0.831. The zero-order chi connectivity index (χ0) is 74.6. The van der Waals surface area contributed by atoms with Gasteiger partial charge in [0.1, 0.15) is 59.9 Å². The lowest BCUT2D eigenvalue weighted by molar-refractivity contribution is -0.182. The molecule has 0 aromatic carbocycles. The fourth-order valence-corrected chi connectivity index (χ4v) is 15.7. The van der Waals surface area contributed by atoms with Crippen LogP contribution in [0.3, 0.4) is 0 Å². The Morgan fingerprint density at radius 2 is 1.28 bits per heavy atom. The summed E-state index contributed by atoms with van der Waals surface area (Å²) in [5.41, 5.74) is -1.57. The zero-order valence-corrected chi connectivity index (χ0v) is 62.7. The van der Waals surface area contributed by atoms with Crippen molar-refractivity contribution in [3.05, 3.63) is 0 Å². The van der Waals surface area contributed by atoms with Crippen LogP contribution in [-0.4, -0.2) is 275 Å². The molecule has 6 rings (SSSR count). The van der Waals surface area contributed by atoms with Crippen molar-refractivity contribution in [3.8, 4) is 0 Å². The first kappa shape index (κ1) is 82.6. The molecule has 4 saturated heterocycles. The Hall–Kier alpha value is -6.32. The highest BCUT2D eigenvalue weighted by Crippen LogP contribution is 2.44. The molecule has 100 heavy (non-hydrogen) atoms. The average Bonchev–Trinajstić information content (AvgIpc) is 1.32. The number of fused-ring (bicyclic) bond motifs is 2. The molecule has 13 atom stereocenters. The molecule has 4 aliphatic heterocycles. The third-order valence-corrected chi connectivity index (χ3v) is 22.6. The Bertz CT molecular complexity index is 2910. The lowest BCUT2D eigenvalue weighted by Gasteiger charge is -2.45. The highest BCUT2D eigenvalue weighted by molar-refractivity contribution is 6.21. The number of alkyl halides is 4. The van der Waals surface area contributed by atoms with Crippen LogP contribution in [0.2, 0.25) is 0 Å². The first-order chi connectivity index (χ1) is 46.9. The molecule has 6 fully saturated rings. The molecular weight excluding hydrogens is 1320 g/mol. The summed E-state index contributed by atoms with van der Waals surface area (Å²) in [5.74, 6) is -11.0. The van der Waals surface area contributed by atoms with E-state index in [9.17, 15) is 46.7 Å². The van der Waals surface area contributed by atoms with E-state index in [-0.39, 0.29) is 108 Å². The van der Waals surface area contributed by atoms with Crippen molar-refractivity contribution >= 4 is 82.5 Å². The lowest BCUT2D eigenvalue weighted by atomic mass is 9.78. The van der Waals surface area contributed by atoms with E-state index >= 15 is 24.0 Å². The molecule has 566 valence electrons. The molecule has 12 amide bonds. The highest BCUT2D eigenvalue weighted by atomic mass is 35.5. The van der Waals surface area contributed by atoms with Gasteiger partial charge in [0.15, 0.2) is 0 Å². The van der Waals surface area contributed by atoms with Crippen LogP contribution in [0, 0.1) is 35.5 Å². The van der Waals surface area contributed by atoms with Crippen molar-refractivity contribution in [2.45, 2.75) is 256 Å². The Balaban J connectivity index is 1.42. The van der Waals surface area contributed by atoms with Gasteiger partial charge in [0.25, 0.3) is 0 Å². The fourth-order valence-electron chi connectivity index (χ4n) is 15.2. The number of amides is 12. The normalized spacial score (nSPS) is 29.9. The van der Waals surface area contributed by atoms with Gasteiger partial charge >= 0.3 is 6.18 Å². The Labute approximate surface area is 595 Å². The van der Waals surface area contributed by atoms with Gasteiger partial charge in [-0.3, -0.25) is 57.5 Å². The minimum Gasteiger partial charge on any atom is -0.379 e. The number of piperidine rings is 1. The summed E-state index contributed by atoms with van der Waals surface area (Å²) < 4.78 is 48.0. The maximum Gasteiger partial charge on any atom is 0.393 e. The number of nitrogens with zero attached hydrogens (tertiary/aromatic N) is 9. The Morgan fingerprint density at radius 3 is 1.85 bits per heavy atom. The number of likely N-dealkylation sites (tertiary alicyclic amines) is 1. The van der Waals surface area contributed by atoms with Crippen LogP contribution in [-0.2, 0) is 62.3 Å². The van der Waals surface area contributed by atoms with Crippen LogP contribution < -0.4 is 16.0 Å². The molecule has 29 heteroatoms. The molecule has 3 N–H and O–H groups in total. The van der Waals surface area contributed by atoms with Gasteiger partial charge in [-0.05, 0) is 133 Å².